The molecule has 0 aliphatic heterocycles. The molecule has 0 fully saturated rings. The second kappa shape index (κ2) is 10.0. The topological polar surface area (TPSA) is 83.5 Å². The molecule has 3 aromatic carbocycles. The van der Waals surface area contributed by atoms with Crippen LogP contribution in [0.1, 0.15) is 35.7 Å². The number of phenolic OH excluding ortho intramolecular Hbond substituents is 1. The summed E-state index contributed by atoms with van der Waals surface area (Å²) in [7, 11) is 0. The first-order valence-electron chi connectivity index (χ1n) is 10.3. The molecule has 32 heavy (non-hydrogen) atoms. The Labute approximate surface area is 185 Å². The highest BCUT2D eigenvalue weighted by molar-refractivity contribution is 6.15. The SMILES string of the molecule is CC(C)C(=O)C(C(=O)Nc1ccccc1O)C(C(=O)c1ccc(F)cc1)c1ccccc1. The van der Waals surface area contributed by atoms with Crippen LogP contribution in [0.5, 0.6) is 5.75 Å². The van der Waals surface area contributed by atoms with Crippen LogP contribution >= 0.6 is 0 Å². The van der Waals surface area contributed by atoms with Gasteiger partial charge in [0.1, 0.15) is 23.3 Å². The van der Waals surface area contributed by atoms with Crippen molar-refractivity contribution in [3.8, 4) is 5.75 Å². The molecule has 6 heteroatoms. The minimum Gasteiger partial charge on any atom is -0.506 e. The Kier molecular flexibility index (Phi) is 7.15. The zero-order chi connectivity index (χ0) is 23.3. The van der Waals surface area contributed by atoms with Crippen LogP contribution in [0.25, 0.3) is 0 Å². The Balaban J connectivity index is 2.10. The lowest BCUT2D eigenvalue weighted by Gasteiger charge is -2.26. The van der Waals surface area contributed by atoms with Crippen molar-refractivity contribution in [3.05, 3.63) is 95.8 Å². The summed E-state index contributed by atoms with van der Waals surface area (Å²) in [5.41, 5.74) is 0.825. The third kappa shape index (κ3) is 5.09. The van der Waals surface area contributed by atoms with E-state index in [2.05, 4.69) is 5.32 Å². The molecule has 0 saturated carbocycles. The van der Waals surface area contributed by atoms with Gasteiger partial charge in [0.2, 0.25) is 5.91 Å². The van der Waals surface area contributed by atoms with Gasteiger partial charge < -0.3 is 10.4 Å². The lowest BCUT2D eigenvalue weighted by atomic mass is 9.75. The van der Waals surface area contributed by atoms with Crippen molar-refractivity contribution in [2.75, 3.05) is 5.32 Å². The van der Waals surface area contributed by atoms with Gasteiger partial charge in [-0.3, -0.25) is 14.4 Å². The molecule has 2 atom stereocenters. The summed E-state index contributed by atoms with van der Waals surface area (Å²) in [6.07, 6.45) is 0. The maximum atomic E-state index is 13.5. The summed E-state index contributed by atoms with van der Waals surface area (Å²) < 4.78 is 13.4. The third-order valence-corrected chi connectivity index (χ3v) is 5.22. The fourth-order valence-corrected chi connectivity index (χ4v) is 3.54. The number of rotatable bonds is 8. The highest BCUT2D eigenvalue weighted by Gasteiger charge is 2.41. The number of ketones is 2. The Bertz CT molecular complexity index is 1110. The third-order valence-electron chi connectivity index (χ3n) is 5.22. The summed E-state index contributed by atoms with van der Waals surface area (Å²) in [5.74, 6) is -5.23. The number of para-hydroxylation sites is 2. The number of halogens is 1. The minimum absolute atomic E-state index is 0.139. The molecule has 3 aromatic rings. The van der Waals surface area contributed by atoms with Crippen molar-refractivity contribution >= 4 is 23.2 Å². The average molecular weight is 433 g/mol. The van der Waals surface area contributed by atoms with Crippen LogP contribution in [0.3, 0.4) is 0 Å². The van der Waals surface area contributed by atoms with Gasteiger partial charge in [0.25, 0.3) is 0 Å². The number of nitrogens with one attached hydrogen (secondary N) is 1. The first-order chi connectivity index (χ1) is 15.3. The summed E-state index contributed by atoms with van der Waals surface area (Å²) in [4.78, 5) is 40.1. The molecular weight excluding hydrogens is 409 g/mol. The van der Waals surface area contributed by atoms with Crippen LogP contribution in [-0.4, -0.2) is 22.6 Å². The largest absolute Gasteiger partial charge is 0.506 e. The second-order valence-electron chi connectivity index (χ2n) is 7.80. The van der Waals surface area contributed by atoms with Gasteiger partial charge in [0.15, 0.2) is 5.78 Å². The van der Waals surface area contributed by atoms with E-state index in [-0.39, 0.29) is 17.0 Å². The monoisotopic (exact) mass is 433 g/mol. The maximum Gasteiger partial charge on any atom is 0.236 e. The molecule has 0 heterocycles. The lowest BCUT2D eigenvalue weighted by molar-refractivity contribution is -0.133. The van der Waals surface area contributed by atoms with Gasteiger partial charge in [-0.1, -0.05) is 56.3 Å². The highest BCUT2D eigenvalue weighted by Crippen LogP contribution is 2.33. The van der Waals surface area contributed by atoms with Crippen LogP contribution < -0.4 is 5.32 Å². The molecule has 0 radical (unpaired) electrons. The van der Waals surface area contributed by atoms with Crippen molar-refractivity contribution in [2.45, 2.75) is 19.8 Å². The van der Waals surface area contributed by atoms with E-state index in [9.17, 15) is 23.9 Å². The molecule has 164 valence electrons. The first-order valence-corrected chi connectivity index (χ1v) is 10.3. The molecule has 0 bridgehead atoms. The fourth-order valence-electron chi connectivity index (χ4n) is 3.54. The van der Waals surface area contributed by atoms with E-state index >= 15 is 0 Å². The van der Waals surface area contributed by atoms with Crippen LogP contribution in [-0.2, 0) is 9.59 Å². The Morgan fingerprint density at radius 3 is 2.03 bits per heavy atom. The number of Topliss-reactive ketones (excluding diaryl/α,β-unsaturated/α-hetero) is 2. The quantitative estimate of drug-likeness (QED) is 0.298. The van der Waals surface area contributed by atoms with Gasteiger partial charge in [0, 0.05) is 11.5 Å². The van der Waals surface area contributed by atoms with E-state index < -0.39 is 41.0 Å². The van der Waals surface area contributed by atoms with Crippen LogP contribution in [0, 0.1) is 17.7 Å². The van der Waals surface area contributed by atoms with Gasteiger partial charge in [-0.15, -0.1) is 0 Å². The van der Waals surface area contributed by atoms with Crippen molar-refractivity contribution in [1.82, 2.24) is 0 Å². The highest BCUT2D eigenvalue weighted by atomic mass is 19.1. The molecule has 0 saturated heterocycles. The number of amides is 1. The Morgan fingerprint density at radius 1 is 0.844 bits per heavy atom. The molecule has 0 aliphatic carbocycles. The molecule has 2 N–H and O–H groups in total. The van der Waals surface area contributed by atoms with Crippen molar-refractivity contribution < 1.29 is 23.9 Å². The van der Waals surface area contributed by atoms with Gasteiger partial charge in [-0.2, -0.15) is 0 Å². The second-order valence-corrected chi connectivity index (χ2v) is 7.80. The predicted molar refractivity (Wildman–Crippen MR) is 120 cm³/mol. The molecule has 3 rings (SSSR count). The van der Waals surface area contributed by atoms with Crippen LogP contribution in [0.2, 0.25) is 0 Å². The normalized spacial score (nSPS) is 12.8. The number of hydrogen-bond donors (Lipinski definition) is 2. The number of hydrogen-bond acceptors (Lipinski definition) is 4. The molecular formula is C26H24FNO4. The molecule has 0 aliphatic rings. The van der Waals surface area contributed by atoms with E-state index in [4.69, 9.17) is 0 Å². The summed E-state index contributed by atoms with van der Waals surface area (Å²) in [6.45, 7) is 3.32. The molecule has 2 unspecified atom stereocenters. The summed E-state index contributed by atoms with van der Waals surface area (Å²) in [5, 5.41) is 12.6. The minimum atomic E-state index is -1.35. The van der Waals surface area contributed by atoms with Crippen molar-refractivity contribution in [1.29, 1.82) is 0 Å². The summed E-state index contributed by atoms with van der Waals surface area (Å²) in [6, 6.07) is 19.7. The summed E-state index contributed by atoms with van der Waals surface area (Å²) >= 11 is 0. The number of carbonyl (C=O) groups is 3. The van der Waals surface area contributed by atoms with Gasteiger partial charge in [-0.25, -0.2) is 4.39 Å². The zero-order valence-electron chi connectivity index (χ0n) is 17.8. The molecule has 0 aromatic heterocycles. The maximum absolute atomic E-state index is 13.5. The van der Waals surface area contributed by atoms with Crippen molar-refractivity contribution in [3.63, 3.8) is 0 Å². The van der Waals surface area contributed by atoms with Gasteiger partial charge >= 0.3 is 0 Å². The lowest BCUT2D eigenvalue weighted by Crippen LogP contribution is -2.40. The van der Waals surface area contributed by atoms with E-state index in [1.54, 1.807) is 56.3 Å². The number of carbonyl (C=O) groups excluding carboxylic acids is 3. The smallest absolute Gasteiger partial charge is 0.236 e. The number of anilines is 1. The van der Waals surface area contributed by atoms with E-state index in [0.29, 0.717) is 5.56 Å². The fraction of sp³-hybridized carbons (Fsp3) is 0.192. The van der Waals surface area contributed by atoms with E-state index in [0.717, 1.165) is 12.1 Å². The first kappa shape index (κ1) is 22.9. The van der Waals surface area contributed by atoms with Crippen LogP contribution in [0.4, 0.5) is 10.1 Å². The molecule has 5 nitrogen and oxygen atoms in total. The predicted octanol–water partition coefficient (Wildman–Crippen LogP) is 4.98. The zero-order valence-corrected chi connectivity index (χ0v) is 17.8. The van der Waals surface area contributed by atoms with Gasteiger partial charge in [-0.05, 0) is 42.0 Å². The van der Waals surface area contributed by atoms with Crippen molar-refractivity contribution in [2.24, 2.45) is 11.8 Å². The van der Waals surface area contributed by atoms with Crippen LogP contribution in [0.15, 0.2) is 78.9 Å². The number of aromatic hydroxyl groups is 1. The van der Waals surface area contributed by atoms with E-state index in [1.165, 1.54) is 24.3 Å². The number of phenols is 1. The Hall–Kier alpha value is -3.80. The van der Waals surface area contributed by atoms with Gasteiger partial charge in [0.05, 0.1) is 11.6 Å². The average Bonchev–Trinajstić information content (AvgIpc) is 2.79. The van der Waals surface area contributed by atoms with E-state index in [1.807, 2.05) is 0 Å². The standard InChI is InChI=1S/C26H24FNO4/c1-16(2)24(30)23(26(32)28-20-10-6-7-11-21(20)29)22(17-8-4-3-5-9-17)25(31)18-12-14-19(27)15-13-18/h3-16,22-23,29H,1-2H3,(H,28,32). The number of benzene rings is 3. The Morgan fingerprint density at radius 2 is 1.44 bits per heavy atom. The molecule has 0 spiro atoms. The molecule has 1 amide bonds.